The van der Waals surface area contributed by atoms with E-state index >= 15 is 0 Å². The Morgan fingerprint density at radius 3 is 2.62 bits per heavy atom. The van der Waals surface area contributed by atoms with Crippen LogP contribution in [0.15, 0.2) is 59.0 Å². The van der Waals surface area contributed by atoms with Crippen LogP contribution >= 0.6 is 11.8 Å². The number of thioether (sulfide) groups is 1. The number of carbonyl (C=O) groups excluding carboxylic acids is 1. The van der Waals surface area contributed by atoms with Crippen molar-refractivity contribution in [1.29, 1.82) is 10.5 Å². The molecule has 0 aliphatic heterocycles. The van der Waals surface area contributed by atoms with Crippen LogP contribution in [0.5, 0.6) is 5.75 Å². The van der Waals surface area contributed by atoms with Gasteiger partial charge in [-0.3, -0.25) is 4.79 Å². The molecule has 29 heavy (non-hydrogen) atoms. The van der Waals surface area contributed by atoms with E-state index in [0.717, 1.165) is 0 Å². The van der Waals surface area contributed by atoms with E-state index in [1.54, 1.807) is 24.3 Å². The van der Waals surface area contributed by atoms with Crippen molar-refractivity contribution in [3.8, 4) is 17.9 Å². The molecule has 0 aliphatic carbocycles. The number of amides is 1. The van der Waals surface area contributed by atoms with Crippen LogP contribution < -0.4 is 10.1 Å². The number of anilines is 1. The zero-order valence-electron chi connectivity index (χ0n) is 15.3. The highest BCUT2D eigenvalue weighted by Gasteiger charge is 2.11. The summed E-state index contributed by atoms with van der Waals surface area (Å²) in [7, 11) is 0. The zero-order chi connectivity index (χ0) is 21.1. The van der Waals surface area contributed by atoms with Gasteiger partial charge in [0.15, 0.2) is 0 Å². The first-order chi connectivity index (χ1) is 14.0. The third-order valence-electron chi connectivity index (χ3n) is 3.57. The highest BCUT2D eigenvalue weighted by Crippen LogP contribution is 2.26. The molecule has 0 saturated heterocycles. The molecule has 2 aromatic rings. The summed E-state index contributed by atoms with van der Waals surface area (Å²) in [6.07, 6.45) is 2.44. The summed E-state index contributed by atoms with van der Waals surface area (Å²) in [4.78, 5) is 12.7. The molecule has 0 radical (unpaired) electrons. The van der Waals surface area contributed by atoms with E-state index in [4.69, 9.17) is 10.00 Å². The van der Waals surface area contributed by atoms with Gasteiger partial charge in [0, 0.05) is 17.0 Å². The number of nitriles is 2. The van der Waals surface area contributed by atoms with E-state index < -0.39 is 11.7 Å². The van der Waals surface area contributed by atoms with Gasteiger partial charge < -0.3 is 10.1 Å². The van der Waals surface area contributed by atoms with Gasteiger partial charge in [0.25, 0.3) is 11.7 Å². The fourth-order valence-corrected chi connectivity index (χ4v) is 2.77. The number of nitrogens with zero attached hydrogens (tertiary/aromatic N) is 2. The van der Waals surface area contributed by atoms with Gasteiger partial charge in [-0.2, -0.15) is 19.3 Å². The van der Waals surface area contributed by atoms with Gasteiger partial charge in [-0.25, -0.2) is 0 Å². The minimum atomic E-state index is -2.52. The first kappa shape index (κ1) is 21.9. The van der Waals surface area contributed by atoms with Crippen LogP contribution in [0.1, 0.15) is 18.4 Å². The van der Waals surface area contributed by atoms with Gasteiger partial charge in [-0.05, 0) is 54.5 Å². The summed E-state index contributed by atoms with van der Waals surface area (Å²) in [6, 6.07) is 16.7. The summed E-state index contributed by atoms with van der Waals surface area (Å²) in [6.45, 7) is 0.395. The first-order valence-corrected chi connectivity index (χ1v) is 9.47. The smallest absolute Gasteiger partial charge is 0.288 e. The molecular formula is C21H17F2N3O2S. The van der Waals surface area contributed by atoms with Crippen LogP contribution in [0.2, 0.25) is 0 Å². The Bertz CT molecular complexity index is 948. The molecule has 2 rings (SSSR count). The monoisotopic (exact) mass is 413 g/mol. The zero-order valence-corrected chi connectivity index (χ0v) is 16.1. The van der Waals surface area contributed by atoms with E-state index in [-0.39, 0.29) is 5.57 Å². The predicted octanol–water partition coefficient (Wildman–Crippen LogP) is 5.23. The van der Waals surface area contributed by atoms with Crippen molar-refractivity contribution in [2.75, 3.05) is 11.9 Å². The number of nitrogens with one attached hydrogen (secondary N) is 1. The number of unbranched alkanes of at least 4 members (excludes halogenated alkanes) is 1. The molecule has 1 amide bonds. The lowest BCUT2D eigenvalue weighted by molar-refractivity contribution is -0.112. The van der Waals surface area contributed by atoms with Crippen molar-refractivity contribution >= 4 is 29.4 Å². The van der Waals surface area contributed by atoms with Crippen LogP contribution in [-0.2, 0) is 4.79 Å². The highest BCUT2D eigenvalue weighted by atomic mass is 32.2. The average Bonchev–Trinajstić information content (AvgIpc) is 2.71. The van der Waals surface area contributed by atoms with Gasteiger partial charge in [0.05, 0.1) is 12.7 Å². The van der Waals surface area contributed by atoms with Gasteiger partial charge in [0.1, 0.15) is 17.4 Å². The quantitative estimate of drug-likeness (QED) is 0.263. The molecule has 0 atom stereocenters. The molecule has 5 nitrogen and oxygen atoms in total. The average molecular weight is 413 g/mol. The lowest BCUT2D eigenvalue weighted by Crippen LogP contribution is -2.13. The van der Waals surface area contributed by atoms with Crippen molar-refractivity contribution in [2.45, 2.75) is 23.5 Å². The fraction of sp³-hybridized carbons (Fsp3) is 0.190. The van der Waals surface area contributed by atoms with Crippen LogP contribution in [0.3, 0.4) is 0 Å². The maximum Gasteiger partial charge on any atom is 0.288 e. The van der Waals surface area contributed by atoms with Gasteiger partial charge >= 0.3 is 0 Å². The molecule has 0 bridgehead atoms. The summed E-state index contributed by atoms with van der Waals surface area (Å²) in [5, 5.41) is 20.4. The number of carbonyl (C=O) groups is 1. The van der Waals surface area contributed by atoms with E-state index in [1.807, 2.05) is 12.1 Å². The first-order valence-electron chi connectivity index (χ1n) is 8.59. The van der Waals surface area contributed by atoms with E-state index in [9.17, 15) is 18.8 Å². The number of halogens is 2. The number of hydrogen-bond acceptors (Lipinski definition) is 5. The molecule has 0 spiro atoms. The van der Waals surface area contributed by atoms with Crippen molar-refractivity contribution in [2.24, 2.45) is 0 Å². The molecular weight excluding hydrogens is 396 g/mol. The molecule has 0 heterocycles. The van der Waals surface area contributed by atoms with Gasteiger partial charge in [-0.15, -0.1) is 0 Å². The number of alkyl halides is 2. The molecule has 148 valence electrons. The maximum absolute atomic E-state index is 12.4. The molecule has 0 saturated carbocycles. The van der Waals surface area contributed by atoms with E-state index in [0.29, 0.717) is 53.1 Å². The normalized spacial score (nSPS) is 10.9. The Labute approximate surface area is 171 Å². The van der Waals surface area contributed by atoms with Crippen LogP contribution in [0.4, 0.5) is 14.5 Å². The number of rotatable bonds is 9. The highest BCUT2D eigenvalue weighted by molar-refractivity contribution is 7.99. The van der Waals surface area contributed by atoms with Crippen molar-refractivity contribution in [3.63, 3.8) is 0 Å². The van der Waals surface area contributed by atoms with Crippen molar-refractivity contribution < 1.29 is 18.3 Å². The Morgan fingerprint density at radius 2 is 1.97 bits per heavy atom. The van der Waals surface area contributed by atoms with Crippen LogP contribution in [0, 0.1) is 22.7 Å². The van der Waals surface area contributed by atoms with Gasteiger partial charge in [0.2, 0.25) is 0 Å². The molecule has 0 aliphatic rings. The number of benzene rings is 2. The summed E-state index contributed by atoms with van der Waals surface area (Å²) >= 11 is 0.411. The van der Waals surface area contributed by atoms with E-state index in [1.165, 1.54) is 30.3 Å². The lowest BCUT2D eigenvalue weighted by Gasteiger charge is -2.07. The van der Waals surface area contributed by atoms with Crippen molar-refractivity contribution in [3.05, 3.63) is 59.7 Å². The fourth-order valence-electron chi connectivity index (χ4n) is 2.27. The summed E-state index contributed by atoms with van der Waals surface area (Å²) < 4.78 is 30.2. The molecule has 0 unspecified atom stereocenters. The molecule has 8 heteroatoms. The standard InChI is InChI=1S/C21H17F2N3O2S/c22-21(23)29-19-8-6-17(7-9-19)26-20(27)16(14-25)12-15-4-3-5-18(13-15)28-11-2-1-10-24/h3-9,12-13,21H,1-2,11H2,(H,26,27)/b16-12-. The van der Waals surface area contributed by atoms with Gasteiger partial charge in [-0.1, -0.05) is 23.9 Å². The van der Waals surface area contributed by atoms with Crippen molar-refractivity contribution in [1.82, 2.24) is 0 Å². The molecule has 1 N–H and O–H groups in total. The second-order valence-corrected chi connectivity index (χ2v) is 6.77. The summed E-state index contributed by atoms with van der Waals surface area (Å²) in [5.41, 5.74) is 0.889. The second-order valence-electron chi connectivity index (χ2n) is 5.71. The second kappa shape index (κ2) is 11.5. The Hall–Kier alpha value is -3.36. The lowest BCUT2D eigenvalue weighted by atomic mass is 10.1. The Balaban J connectivity index is 2.04. The minimum Gasteiger partial charge on any atom is -0.494 e. The minimum absolute atomic E-state index is 0.113. The molecule has 0 fully saturated rings. The van der Waals surface area contributed by atoms with Crippen LogP contribution in [0.25, 0.3) is 6.08 Å². The maximum atomic E-state index is 12.4. The van der Waals surface area contributed by atoms with Crippen LogP contribution in [-0.4, -0.2) is 18.3 Å². The van der Waals surface area contributed by atoms with E-state index in [2.05, 4.69) is 5.32 Å². The summed E-state index contributed by atoms with van der Waals surface area (Å²) in [5.74, 6) is -2.56. The predicted molar refractivity (Wildman–Crippen MR) is 107 cm³/mol. The third-order valence-corrected chi connectivity index (χ3v) is 4.30. The Morgan fingerprint density at radius 1 is 1.21 bits per heavy atom. The SMILES string of the molecule is N#CCCCOc1cccc(/C=C(/C#N)C(=O)Nc2ccc(SC(F)F)cc2)c1. The number of hydrogen-bond donors (Lipinski definition) is 1. The topological polar surface area (TPSA) is 85.9 Å². The Kier molecular flexibility index (Phi) is 8.68. The molecule has 2 aromatic carbocycles. The number of ether oxygens (including phenoxy) is 1. The molecule has 0 aromatic heterocycles. The largest absolute Gasteiger partial charge is 0.494 e. The third kappa shape index (κ3) is 7.65.